The fourth-order valence-corrected chi connectivity index (χ4v) is 4.46. The Morgan fingerprint density at radius 2 is 2.21 bits per heavy atom. The second-order valence-electron chi connectivity index (χ2n) is 4.77. The highest BCUT2D eigenvalue weighted by Crippen LogP contribution is 2.51. The quantitative estimate of drug-likeness (QED) is 0.398. The Morgan fingerprint density at radius 3 is 2.74 bits per heavy atom. The molecule has 1 aliphatic heterocycles. The average molecular weight is 405 g/mol. The number of carbonyl (C=O) groups is 1. The summed E-state index contributed by atoms with van der Waals surface area (Å²) in [6.07, 6.45) is 0.725. The lowest BCUT2D eigenvalue weighted by molar-refractivity contribution is -0.148. The zero-order valence-corrected chi connectivity index (χ0v) is 14.5. The summed E-state index contributed by atoms with van der Waals surface area (Å²) < 4.78 is 28.0. The van der Waals surface area contributed by atoms with Crippen molar-refractivity contribution in [1.29, 1.82) is 0 Å². The van der Waals surface area contributed by atoms with Crippen molar-refractivity contribution in [3.63, 3.8) is 0 Å². The van der Waals surface area contributed by atoms with Gasteiger partial charge in [-0.05, 0) is 27.2 Å². The average Bonchev–Trinajstić information content (AvgIpc) is 2.77. The summed E-state index contributed by atoms with van der Waals surface area (Å²) in [5.41, 5.74) is 0. The molecule has 0 saturated carbocycles. The topological polar surface area (TPSA) is 73.9 Å². The van der Waals surface area contributed by atoms with Crippen LogP contribution in [0, 0.1) is 0 Å². The first-order chi connectivity index (χ1) is 8.80. The maximum absolute atomic E-state index is 12.3. The Bertz CT molecular complexity index is 346. The van der Waals surface area contributed by atoms with Gasteiger partial charge in [0.2, 0.25) is 4.94 Å². The fraction of sp³-hybridized carbons (Fsp3) is 0.909. The first kappa shape index (κ1) is 17.4. The van der Waals surface area contributed by atoms with Crippen molar-refractivity contribution >= 4 is 32.9 Å². The van der Waals surface area contributed by atoms with Crippen LogP contribution in [0.4, 0.5) is 0 Å². The van der Waals surface area contributed by atoms with Gasteiger partial charge in [-0.25, -0.2) is 5.09 Å². The lowest BCUT2D eigenvalue weighted by atomic mass is 10.3. The van der Waals surface area contributed by atoms with Gasteiger partial charge in [0.25, 0.3) is 0 Å². The van der Waals surface area contributed by atoms with Gasteiger partial charge < -0.3 is 14.2 Å². The van der Waals surface area contributed by atoms with Crippen LogP contribution in [-0.4, -0.2) is 43.8 Å². The molecule has 0 aromatic heterocycles. The first-order valence-electron chi connectivity index (χ1n) is 6.26. The van der Waals surface area contributed by atoms with Gasteiger partial charge in [-0.15, -0.1) is 0 Å². The highest BCUT2D eigenvalue weighted by atomic mass is 127. The molecule has 0 radical (unpaired) electrons. The van der Waals surface area contributed by atoms with E-state index in [1.54, 1.807) is 20.8 Å². The second-order valence-corrected chi connectivity index (χ2v) is 11.3. The summed E-state index contributed by atoms with van der Waals surface area (Å²) in [5, 5.41) is 2.79. The minimum atomic E-state index is -2.76. The molecule has 0 amide bonds. The molecular formula is C11H21INO5P. The molecule has 0 bridgehead atoms. The molecule has 1 fully saturated rings. The van der Waals surface area contributed by atoms with E-state index in [4.69, 9.17) is 14.2 Å². The summed E-state index contributed by atoms with van der Waals surface area (Å²) in [6, 6.07) is -0.617. The SMILES string of the molecule is CC(C)OC(=O)C(C)NP(=O)(I)COC1CCOC1. The van der Waals surface area contributed by atoms with E-state index in [-0.39, 0.29) is 18.6 Å². The van der Waals surface area contributed by atoms with E-state index in [9.17, 15) is 9.36 Å². The van der Waals surface area contributed by atoms with Crippen molar-refractivity contribution in [3.8, 4) is 0 Å². The van der Waals surface area contributed by atoms with E-state index in [2.05, 4.69) is 5.09 Å². The molecule has 0 aromatic carbocycles. The lowest BCUT2D eigenvalue weighted by Crippen LogP contribution is -2.34. The van der Waals surface area contributed by atoms with Crippen LogP contribution in [0.15, 0.2) is 0 Å². The van der Waals surface area contributed by atoms with Crippen LogP contribution < -0.4 is 5.09 Å². The molecule has 0 spiro atoms. The monoisotopic (exact) mass is 405 g/mol. The molecule has 1 rings (SSSR count). The van der Waals surface area contributed by atoms with E-state index >= 15 is 0 Å². The van der Waals surface area contributed by atoms with Crippen LogP contribution in [0.5, 0.6) is 0 Å². The first-order valence-corrected chi connectivity index (χ1v) is 10.9. The third-order valence-corrected chi connectivity index (χ3v) is 5.38. The third kappa shape index (κ3) is 7.04. The maximum Gasteiger partial charge on any atom is 0.323 e. The smallest absolute Gasteiger partial charge is 0.323 e. The zero-order valence-electron chi connectivity index (χ0n) is 11.4. The van der Waals surface area contributed by atoms with Gasteiger partial charge in [-0.1, -0.05) is 0 Å². The van der Waals surface area contributed by atoms with E-state index in [1.165, 1.54) is 0 Å². The van der Waals surface area contributed by atoms with E-state index in [1.807, 2.05) is 22.0 Å². The molecule has 1 N–H and O–H groups in total. The number of esters is 1. The number of hydrogen-bond acceptors (Lipinski definition) is 5. The fourth-order valence-electron chi connectivity index (χ4n) is 1.56. The highest BCUT2D eigenvalue weighted by molar-refractivity contribution is 14.2. The Labute approximate surface area is 126 Å². The second kappa shape index (κ2) is 7.93. The van der Waals surface area contributed by atoms with Gasteiger partial charge >= 0.3 is 5.97 Å². The minimum Gasteiger partial charge on any atom is -0.462 e. The molecule has 3 atom stereocenters. The van der Waals surface area contributed by atoms with Crippen molar-refractivity contribution in [1.82, 2.24) is 5.09 Å². The van der Waals surface area contributed by atoms with Gasteiger partial charge in [0.05, 0.1) is 18.8 Å². The Balaban J connectivity index is 2.35. The molecule has 1 heterocycles. The van der Waals surface area contributed by atoms with Crippen LogP contribution in [-0.2, 0) is 23.6 Å². The summed E-state index contributed by atoms with van der Waals surface area (Å²) in [6.45, 7) is 6.41. The molecule has 6 nitrogen and oxygen atoms in total. The van der Waals surface area contributed by atoms with Crippen LogP contribution >= 0.6 is 27.0 Å². The number of halogens is 1. The van der Waals surface area contributed by atoms with E-state index < -0.39 is 16.9 Å². The van der Waals surface area contributed by atoms with Gasteiger partial charge in [0.1, 0.15) is 12.4 Å². The van der Waals surface area contributed by atoms with Gasteiger partial charge in [0, 0.05) is 28.6 Å². The van der Waals surface area contributed by atoms with Crippen LogP contribution in [0.2, 0.25) is 0 Å². The van der Waals surface area contributed by atoms with Crippen molar-refractivity contribution in [2.75, 3.05) is 19.6 Å². The predicted octanol–water partition coefficient (Wildman–Crippen LogP) is 2.31. The van der Waals surface area contributed by atoms with Crippen molar-refractivity contribution in [2.24, 2.45) is 0 Å². The summed E-state index contributed by atoms with van der Waals surface area (Å²) >= 11 is 1.82. The Morgan fingerprint density at radius 1 is 1.53 bits per heavy atom. The molecule has 0 aromatic rings. The lowest BCUT2D eigenvalue weighted by Gasteiger charge is -2.20. The summed E-state index contributed by atoms with van der Waals surface area (Å²) in [5.74, 6) is -0.406. The number of rotatable bonds is 7. The number of nitrogens with one attached hydrogen (secondary N) is 1. The van der Waals surface area contributed by atoms with Crippen molar-refractivity contribution in [3.05, 3.63) is 0 Å². The Kier molecular flexibility index (Phi) is 7.24. The van der Waals surface area contributed by atoms with E-state index in [0.29, 0.717) is 13.2 Å². The molecule has 8 heteroatoms. The van der Waals surface area contributed by atoms with Gasteiger partial charge in [-0.3, -0.25) is 9.36 Å². The minimum absolute atomic E-state index is 0.00260. The van der Waals surface area contributed by atoms with Gasteiger partial charge in [0.15, 0.2) is 0 Å². The van der Waals surface area contributed by atoms with Crippen molar-refractivity contribution < 1.29 is 23.6 Å². The number of ether oxygens (including phenoxy) is 3. The van der Waals surface area contributed by atoms with Crippen LogP contribution in [0.1, 0.15) is 27.2 Å². The largest absolute Gasteiger partial charge is 0.462 e. The van der Waals surface area contributed by atoms with Gasteiger partial charge in [-0.2, -0.15) is 0 Å². The van der Waals surface area contributed by atoms with Crippen molar-refractivity contribution in [2.45, 2.75) is 45.4 Å². The van der Waals surface area contributed by atoms with Crippen LogP contribution in [0.3, 0.4) is 0 Å². The molecular weight excluding hydrogens is 384 g/mol. The Hall–Kier alpha value is 0.310. The molecule has 3 unspecified atom stereocenters. The van der Waals surface area contributed by atoms with E-state index in [0.717, 1.165) is 6.42 Å². The predicted molar refractivity (Wildman–Crippen MR) is 80.6 cm³/mol. The molecule has 112 valence electrons. The third-order valence-electron chi connectivity index (χ3n) is 2.46. The molecule has 0 aliphatic carbocycles. The molecule has 19 heavy (non-hydrogen) atoms. The summed E-state index contributed by atoms with van der Waals surface area (Å²) in [4.78, 5) is 8.86. The standard InChI is InChI=1S/C11H21INO5P/c1-8(2)18-11(14)9(3)13-19(12,15)7-17-10-4-5-16-6-10/h8-10H,4-7H2,1-3H3,(H,13,15). The van der Waals surface area contributed by atoms with Crippen LogP contribution in [0.25, 0.3) is 0 Å². The number of hydrogen-bond donors (Lipinski definition) is 1. The normalized spacial score (nSPS) is 24.2. The highest BCUT2D eigenvalue weighted by Gasteiger charge is 2.27. The maximum atomic E-state index is 12.3. The number of carbonyl (C=O) groups excluding carboxylic acids is 1. The molecule has 1 saturated heterocycles. The summed E-state index contributed by atoms with van der Waals surface area (Å²) in [7, 11) is 0. The molecule has 1 aliphatic rings. The zero-order chi connectivity index (χ0) is 14.5.